The smallest absolute Gasteiger partial charge is 0.0342 e. The van der Waals surface area contributed by atoms with Crippen molar-refractivity contribution in [2.45, 2.75) is 58.0 Å². The van der Waals surface area contributed by atoms with Crippen molar-refractivity contribution < 1.29 is 0 Å². The van der Waals surface area contributed by atoms with Gasteiger partial charge in [0, 0.05) is 12.1 Å². The van der Waals surface area contributed by atoms with Crippen LogP contribution < -0.4 is 5.73 Å². The molecule has 2 unspecified atom stereocenters. The van der Waals surface area contributed by atoms with Gasteiger partial charge < -0.3 is 10.6 Å². The fourth-order valence-corrected chi connectivity index (χ4v) is 2.35. The van der Waals surface area contributed by atoms with Crippen molar-refractivity contribution in [3.63, 3.8) is 0 Å². The van der Waals surface area contributed by atoms with Crippen LogP contribution in [0.4, 0.5) is 0 Å². The standard InChI is InChI=1S/C17H30N2/c1-13(18)7-12-16(19(5)6)14-8-10-15(11-9-14)17(2,3)4/h8-11,13,16H,7,12,18H2,1-6H3. The third kappa shape index (κ3) is 4.96. The second kappa shape index (κ2) is 6.53. The lowest BCUT2D eigenvalue weighted by atomic mass is 9.86. The summed E-state index contributed by atoms with van der Waals surface area (Å²) in [5.41, 5.74) is 8.88. The lowest BCUT2D eigenvalue weighted by molar-refractivity contribution is 0.275. The SMILES string of the molecule is CC(N)CCC(c1ccc(C(C)(C)C)cc1)N(C)C. The van der Waals surface area contributed by atoms with Crippen molar-refractivity contribution in [1.82, 2.24) is 4.90 Å². The predicted octanol–water partition coefficient (Wildman–Crippen LogP) is 3.71. The minimum atomic E-state index is 0.220. The van der Waals surface area contributed by atoms with Gasteiger partial charge in [-0.3, -0.25) is 0 Å². The van der Waals surface area contributed by atoms with E-state index in [2.05, 4.69) is 71.0 Å². The molecule has 0 aromatic heterocycles. The number of benzene rings is 1. The van der Waals surface area contributed by atoms with E-state index in [0.717, 1.165) is 12.8 Å². The highest BCUT2D eigenvalue weighted by molar-refractivity contribution is 5.29. The van der Waals surface area contributed by atoms with E-state index in [9.17, 15) is 0 Å². The highest BCUT2D eigenvalue weighted by Crippen LogP contribution is 2.27. The van der Waals surface area contributed by atoms with E-state index in [1.807, 2.05) is 0 Å². The van der Waals surface area contributed by atoms with E-state index in [1.165, 1.54) is 11.1 Å². The van der Waals surface area contributed by atoms with Crippen molar-refractivity contribution in [2.24, 2.45) is 5.73 Å². The van der Waals surface area contributed by atoms with Gasteiger partial charge in [0.05, 0.1) is 0 Å². The molecule has 1 aromatic carbocycles. The van der Waals surface area contributed by atoms with Crippen LogP contribution in [0.3, 0.4) is 0 Å². The summed E-state index contributed by atoms with van der Waals surface area (Å²) in [6.45, 7) is 8.83. The third-order valence-electron chi connectivity index (χ3n) is 3.68. The van der Waals surface area contributed by atoms with Gasteiger partial charge in [0.2, 0.25) is 0 Å². The van der Waals surface area contributed by atoms with Crippen LogP contribution in [0.2, 0.25) is 0 Å². The summed E-state index contributed by atoms with van der Waals surface area (Å²) < 4.78 is 0. The molecule has 2 nitrogen and oxygen atoms in total. The topological polar surface area (TPSA) is 29.3 Å². The first-order valence-electron chi connectivity index (χ1n) is 7.24. The molecule has 0 radical (unpaired) electrons. The monoisotopic (exact) mass is 262 g/mol. The number of rotatable bonds is 5. The molecular weight excluding hydrogens is 232 g/mol. The number of hydrogen-bond donors (Lipinski definition) is 1. The van der Waals surface area contributed by atoms with Crippen molar-refractivity contribution in [1.29, 1.82) is 0 Å². The fourth-order valence-electron chi connectivity index (χ4n) is 2.35. The zero-order valence-corrected chi connectivity index (χ0v) is 13.4. The molecule has 0 saturated heterocycles. The van der Waals surface area contributed by atoms with Crippen LogP contribution in [-0.2, 0) is 5.41 Å². The number of hydrogen-bond acceptors (Lipinski definition) is 2. The van der Waals surface area contributed by atoms with Gasteiger partial charge in [-0.2, -0.15) is 0 Å². The molecule has 19 heavy (non-hydrogen) atoms. The summed E-state index contributed by atoms with van der Waals surface area (Å²) in [6, 6.07) is 9.80. The predicted molar refractivity (Wildman–Crippen MR) is 84.5 cm³/mol. The minimum absolute atomic E-state index is 0.220. The van der Waals surface area contributed by atoms with Crippen molar-refractivity contribution in [2.75, 3.05) is 14.1 Å². The first-order chi connectivity index (χ1) is 8.71. The maximum atomic E-state index is 5.88. The van der Waals surface area contributed by atoms with E-state index in [1.54, 1.807) is 0 Å². The Labute approximate surface area is 119 Å². The molecule has 0 amide bonds. The van der Waals surface area contributed by atoms with Crippen LogP contribution in [0.25, 0.3) is 0 Å². The normalized spacial score (nSPS) is 15.6. The van der Waals surface area contributed by atoms with Gasteiger partial charge in [-0.05, 0) is 50.4 Å². The Bertz CT molecular complexity index is 371. The van der Waals surface area contributed by atoms with E-state index in [-0.39, 0.29) is 11.5 Å². The molecule has 0 fully saturated rings. The highest BCUT2D eigenvalue weighted by Gasteiger charge is 2.17. The van der Waals surface area contributed by atoms with Crippen LogP contribution in [0.1, 0.15) is 57.7 Å². The minimum Gasteiger partial charge on any atom is -0.328 e. The van der Waals surface area contributed by atoms with Gasteiger partial charge in [-0.15, -0.1) is 0 Å². The average Bonchev–Trinajstić information content (AvgIpc) is 2.27. The van der Waals surface area contributed by atoms with Crippen LogP contribution in [0, 0.1) is 0 Å². The maximum absolute atomic E-state index is 5.88. The lowest BCUT2D eigenvalue weighted by Crippen LogP contribution is -2.23. The summed E-state index contributed by atoms with van der Waals surface area (Å²) in [7, 11) is 4.28. The lowest BCUT2D eigenvalue weighted by Gasteiger charge is -2.27. The van der Waals surface area contributed by atoms with Crippen LogP contribution in [0.15, 0.2) is 24.3 Å². The largest absolute Gasteiger partial charge is 0.328 e. The van der Waals surface area contributed by atoms with Crippen molar-refractivity contribution >= 4 is 0 Å². The fraction of sp³-hybridized carbons (Fsp3) is 0.647. The van der Waals surface area contributed by atoms with Gasteiger partial charge >= 0.3 is 0 Å². The van der Waals surface area contributed by atoms with Gasteiger partial charge in [-0.25, -0.2) is 0 Å². The first-order valence-corrected chi connectivity index (χ1v) is 7.24. The van der Waals surface area contributed by atoms with Gasteiger partial charge in [0.15, 0.2) is 0 Å². The highest BCUT2D eigenvalue weighted by atomic mass is 15.1. The number of nitrogens with two attached hydrogens (primary N) is 1. The van der Waals surface area contributed by atoms with Gasteiger partial charge in [0.25, 0.3) is 0 Å². The zero-order valence-electron chi connectivity index (χ0n) is 13.4. The van der Waals surface area contributed by atoms with Gasteiger partial charge in [0.1, 0.15) is 0 Å². The molecule has 0 aliphatic heterocycles. The maximum Gasteiger partial charge on any atom is 0.0342 e. The third-order valence-corrected chi connectivity index (χ3v) is 3.68. The molecule has 1 rings (SSSR count). The Kier molecular flexibility index (Phi) is 5.57. The molecule has 108 valence electrons. The van der Waals surface area contributed by atoms with Crippen molar-refractivity contribution in [3.8, 4) is 0 Å². The Morgan fingerprint density at radius 3 is 1.95 bits per heavy atom. The molecule has 2 heteroatoms. The van der Waals surface area contributed by atoms with Crippen LogP contribution in [-0.4, -0.2) is 25.0 Å². The van der Waals surface area contributed by atoms with E-state index in [4.69, 9.17) is 5.73 Å². The summed E-state index contributed by atoms with van der Waals surface area (Å²) in [5, 5.41) is 0. The van der Waals surface area contributed by atoms with Crippen molar-refractivity contribution in [3.05, 3.63) is 35.4 Å². The summed E-state index contributed by atoms with van der Waals surface area (Å²) >= 11 is 0. The van der Waals surface area contributed by atoms with Gasteiger partial charge in [-0.1, -0.05) is 45.0 Å². The van der Waals surface area contributed by atoms with E-state index >= 15 is 0 Å². The second-order valence-corrected chi connectivity index (χ2v) is 6.91. The van der Waals surface area contributed by atoms with E-state index < -0.39 is 0 Å². The summed E-state index contributed by atoms with van der Waals surface area (Å²) in [5.74, 6) is 0. The molecule has 0 aliphatic carbocycles. The molecule has 0 saturated carbocycles. The number of nitrogens with zero attached hydrogens (tertiary/aromatic N) is 1. The first kappa shape index (κ1) is 16.2. The Morgan fingerprint density at radius 2 is 1.58 bits per heavy atom. The van der Waals surface area contributed by atoms with Crippen LogP contribution >= 0.6 is 0 Å². The van der Waals surface area contributed by atoms with Crippen LogP contribution in [0.5, 0.6) is 0 Å². The molecule has 0 heterocycles. The molecule has 2 N–H and O–H groups in total. The Morgan fingerprint density at radius 1 is 1.05 bits per heavy atom. The quantitative estimate of drug-likeness (QED) is 0.876. The summed E-state index contributed by atoms with van der Waals surface area (Å²) in [6.07, 6.45) is 2.17. The van der Waals surface area contributed by atoms with E-state index in [0.29, 0.717) is 6.04 Å². The second-order valence-electron chi connectivity index (χ2n) is 6.91. The molecular formula is C17H30N2. The zero-order chi connectivity index (χ0) is 14.6. The molecule has 0 aliphatic rings. The Hall–Kier alpha value is -0.860. The molecule has 0 bridgehead atoms. The Balaban J connectivity index is 2.86. The molecule has 0 spiro atoms. The average molecular weight is 262 g/mol. The molecule has 2 atom stereocenters. The summed E-state index contributed by atoms with van der Waals surface area (Å²) in [4.78, 5) is 2.29. The molecule has 1 aromatic rings.